The monoisotopic (exact) mass is 475 g/mol. The summed E-state index contributed by atoms with van der Waals surface area (Å²) in [7, 11) is 1.72. The van der Waals surface area contributed by atoms with E-state index < -0.39 is 17.8 Å². The Bertz CT molecular complexity index is 1350. The van der Waals surface area contributed by atoms with Crippen LogP contribution < -0.4 is 16.0 Å². The van der Waals surface area contributed by atoms with Gasteiger partial charge in [0.05, 0.1) is 10.9 Å². The van der Waals surface area contributed by atoms with Gasteiger partial charge in [-0.2, -0.15) is 23.3 Å². The number of rotatable bonds is 4. The lowest BCUT2D eigenvalue weighted by atomic mass is 10.1. The van der Waals surface area contributed by atoms with E-state index in [-0.39, 0.29) is 11.0 Å². The number of urea groups is 1. The summed E-state index contributed by atoms with van der Waals surface area (Å²) in [6.07, 6.45) is -2.95. The van der Waals surface area contributed by atoms with Gasteiger partial charge in [0.25, 0.3) is 0 Å². The van der Waals surface area contributed by atoms with E-state index in [2.05, 4.69) is 31.0 Å². The van der Waals surface area contributed by atoms with Crippen LogP contribution in [-0.4, -0.2) is 25.8 Å². The Morgan fingerprint density at radius 3 is 2.55 bits per heavy atom. The summed E-state index contributed by atoms with van der Waals surface area (Å²) in [5.41, 5.74) is 1.66. The molecule has 0 saturated carbocycles. The molecule has 0 aliphatic carbocycles. The molecule has 3 N–H and O–H groups in total. The Balaban J connectivity index is 1.52. The molecule has 4 aromatic rings. The highest BCUT2D eigenvalue weighted by Gasteiger charge is 2.30. The number of anilines is 4. The highest BCUT2D eigenvalue weighted by Crippen LogP contribution is 2.31. The first-order chi connectivity index (χ1) is 15.6. The summed E-state index contributed by atoms with van der Waals surface area (Å²) < 4.78 is 40.2. The normalized spacial score (nSPS) is 11.5. The first kappa shape index (κ1) is 22.3. The van der Waals surface area contributed by atoms with E-state index in [9.17, 15) is 18.0 Å². The predicted molar refractivity (Wildman–Crippen MR) is 120 cm³/mol. The second-order valence-corrected chi connectivity index (χ2v) is 7.50. The van der Waals surface area contributed by atoms with Crippen LogP contribution in [0.4, 0.5) is 40.8 Å². The van der Waals surface area contributed by atoms with Gasteiger partial charge in [0.1, 0.15) is 0 Å². The van der Waals surface area contributed by atoms with E-state index in [4.69, 9.17) is 11.6 Å². The van der Waals surface area contributed by atoms with Gasteiger partial charge in [-0.05, 0) is 54.4 Å². The molecule has 170 valence electrons. The number of nitrogens with zero attached hydrogens (tertiary/aromatic N) is 4. The zero-order valence-electron chi connectivity index (χ0n) is 17.3. The van der Waals surface area contributed by atoms with E-state index in [0.29, 0.717) is 28.2 Å². The molecule has 0 bridgehead atoms. The predicted octanol–water partition coefficient (Wildman–Crippen LogP) is 5.73. The lowest BCUT2D eigenvalue weighted by Gasteiger charge is -2.13. The fourth-order valence-corrected chi connectivity index (χ4v) is 3.27. The molecule has 0 saturated heterocycles. The van der Waals surface area contributed by atoms with E-state index >= 15 is 0 Å². The molecule has 4 rings (SSSR count). The molecule has 2 heterocycles. The van der Waals surface area contributed by atoms with Gasteiger partial charge in [-0.1, -0.05) is 12.1 Å². The third-order valence-electron chi connectivity index (χ3n) is 4.75. The molecule has 12 heteroatoms. The van der Waals surface area contributed by atoms with Crippen molar-refractivity contribution >= 4 is 51.5 Å². The van der Waals surface area contributed by atoms with Gasteiger partial charge in [0.2, 0.25) is 5.28 Å². The minimum absolute atomic E-state index is 0.0198. The van der Waals surface area contributed by atoms with Gasteiger partial charge >= 0.3 is 12.2 Å². The molecule has 0 spiro atoms. The van der Waals surface area contributed by atoms with E-state index in [1.165, 1.54) is 12.1 Å². The first-order valence-electron chi connectivity index (χ1n) is 9.58. The van der Waals surface area contributed by atoms with Gasteiger partial charge in [-0.15, -0.1) is 0 Å². The van der Waals surface area contributed by atoms with E-state index in [1.54, 1.807) is 36.1 Å². The lowest BCUT2D eigenvalue weighted by molar-refractivity contribution is -0.137. The smallest absolute Gasteiger partial charge is 0.338 e. The van der Waals surface area contributed by atoms with Crippen LogP contribution in [0.15, 0.2) is 48.7 Å². The molecule has 2 amide bonds. The van der Waals surface area contributed by atoms with Crippen molar-refractivity contribution < 1.29 is 18.0 Å². The molecule has 2 aromatic carbocycles. The zero-order valence-corrected chi connectivity index (χ0v) is 18.1. The summed E-state index contributed by atoms with van der Waals surface area (Å²) in [5.74, 6) is 0.498. The van der Waals surface area contributed by atoms with Crippen molar-refractivity contribution in [2.45, 2.75) is 13.1 Å². The van der Waals surface area contributed by atoms with Gasteiger partial charge in [-0.25, -0.2) is 14.5 Å². The van der Waals surface area contributed by atoms with Crippen molar-refractivity contribution in [2.24, 2.45) is 7.05 Å². The summed E-state index contributed by atoms with van der Waals surface area (Å²) in [6, 6.07) is 8.84. The number of alkyl halides is 3. The molecule has 33 heavy (non-hydrogen) atoms. The maximum atomic E-state index is 12.9. The average molecular weight is 476 g/mol. The SMILES string of the molecule is Cc1ccc(NC(=O)Nc2cccc(C(F)(F)F)c2)cc1Nc1nn(C)c2nc(Cl)ncc12. The maximum absolute atomic E-state index is 12.9. The number of hydrogen-bond donors (Lipinski definition) is 3. The van der Waals surface area contributed by atoms with Gasteiger partial charge in [0, 0.05) is 30.3 Å². The van der Waals surface area contributed by atoms with Gasteiger partial charge in [0.15, 0.2) is 11.5 Å². The number of carbonyl (C=O) groups excluding carboxylic acids is 1. The molecule has 0 atom stereocenters. The molecule has 2 aromatic heterocycles. The molecule has 0 fully saturated rings. The van der Waals surface area contributed by atoms with Crippen LogP contribution in [0, 0.1) is 6.92 Å². The van der Waals surface area contributed by atoms with Crippen LogP contribution in [0.1, 0.15) is 11.1 Å². The summed E-state index contributed by atoms with van der Waals surface area (Å²) >= 11 is 5.86. The molecule has 0 aliphatic rings. The number of carbonyl (C=O) groups is 1. The quantitative estimate of drug-likeness (QED) is 0.327. The number of amides is 2. The Morgan fingerprint density at radius 2 is 1.82 bits per heavy atom. The van der Waals surface area contributed by atoms with E-state index in [1.807, 2.05) is 6.92 Å². The molecular weight excluding hydrogens is 459 g/mol. The number of benzene rings is 2. The molecular formula is C21H17ClF3N7O. The van der Waals surface area contributed by atoms with Crippen LogP contribution in [0.2, 0.25) is 5.28 Å². The highest BCUT2D eigenvalue weighted by atomic mass is 35.5. The van der Waals surface area contributed by atoms with Crippen LogP contribution >= 0.6 is 11.6 Å². The average Bonchev–Trinajstić information content (AvgIpc) is 3.04. The number of aromatic nitrogens is 4. The van der Waals surface area contributed by atoms with Gasteiger partial charge in [-0.3, -0.25) is 0 Å². The minimum atomic E-state index is -4.50. The van der Waals surface area contributed by atoms with Gasteiger partial charge < -0.3 is 16.0 Å². The van der Waals surface area contributed by atoms with Crippen molar-refractivity contribution in [1.82, 2.24) is 19.7 Å². The Hall–Kier alpha value is -3.86. The molecule has 0 unspecified atom stereocenters. The van der Waals surface area contributed by atoms with E-state index in [0.717, 1.165) is 17.7 Å². The Morgan fingerprint density at radius 1 is 1.09 bits per heavy atom. The minimum Gasteiger partial charge on any atom is -0.338 e. The highest BCUT2D eigenvalue weighted by molar-refractivity contribution is 6.28. The van der Waals surface area contributed by atoms with Crippen molar-refractivity contribution in [3.8, 4) is 0 Å². The van der Waals surface area contributed by atoms with Crippen molar-refractivity contribution in [3.63, 3.8) is 0 Å². The van der Waals surface area contributed by atoms with Crippen molar-refractivity contribution in [1.29, 1.82) is 0 Å². The third-order valence-corrected chi connectivity index (χ3v) is 4.93. The first-order valence-corrected chi connectivity index (χ1v) is 9.96. The molecule has 0 radical (unpaired) electrons. The molecule has 8 nitrogen and oxygen atoms in total. The zero-order chi connectivity index (χ0) is 23.8. The number of nitrogens with one attached hydrogen (secondary N) is 3. The fourth-order valence-electron chi connectivity index (χ4n) is 3.14. The third kappa shape index (κ3) is 4.98. The second-order valence-electron chi connectivity index (χ2n) is 7.16. The number of hydrogen-bond acceptors (Lipinski definition) is 5. The number of halogens is 4. The summed E-state index contributed by atoms with van der Waals surface area (Å²) in [6.45, 7) is 1.87. The lowest BCUT2D eigenvalue weighted by Crippen LogP contribution is -2.20. The Labute approximate surface area is 190 Å². The number of aryl methyl sites for hydroxylation is 2. The largest absolute Gasteiger partial charge is 0.416 e. The topological polar surface area (TPSA) is 96.8 Å². The summed E-state index contributed by atoms with van der Waals surface area (Å²) in [4.78, 5) is 20.5. The Kier molecular flexibility index (Phi) is 5.81. The second kappa shape index (κ2) is 8.58. The fraction of sp³-hybridized carbons (Fsp3) is 0.143. The van der Waals surface area contributed by atoms with Crippen LogP contribution in [0.25, 0.3) is 11.0 Å². The van der Waals surface area contributed by atoms with Crippen LogP contribution in [0.5, 0.6) is 0 Å². The standard InChI is InChI=1S/C21H17ClF3N7O/c1-11-6-7-14(28-20(33)27-13-5-3-4-12(8-13)21(23,24)25)9-16(11)29-17-15-10-26-19(22)30-18(15)32(2)31-17/h3-10H,1-2H3,(H,29,31)(H2,27,28,33). The van der Waals surface area contributed by atoms with Crippen molar-refractivity contribution in [3.05, 3.63) is 65.1 Å². The summed E-state index contributed by atoms with van der Waals surface area (Å²) in [5, 5.41) is 13.4. The van der Waals surface area contributed by atoms with Crippen molar-refractivity contribution in [2.75, 3.05) is 16.0 Å². The molecule has 0 aliphatic heterocycles. The van der Waals surface area contributed by atoms with Crippen LogP contribution in [0.3, 0.4) is 0 Å². The maximum Gasteiger partial charge on any atom is 0.416 e. The van der Waals surface area contributed by atoms with Crippen LogP contribution in [-0.2, 0) is 13.2 Å². The number of fused-ring (bicyclic) bond motifs is 1.